The van der Waals surface area contributed by atoms with Gasteiger partial charge in [0.15, 0.2) is 0 Å². The molecule has 0 aliphatic carbocycles. The summed E-state index contributed by atoms with van der Waals surface area (Å²) in [6.07, 6.45) is 5.27. The Morgan fingerprint density at radius 3 is 2.77 bits per heavy atom. The lowest BCUT2D eigenvalue weighted by atomic mass is 10.2. The summed E-state index contributed by atoms with van der Waals surface area (Å²) in [5.41, 5.74) is 2.37. The van der Waals surface area contributed by atoms with Crippen molar-refractivity contribution in [3.63, 3.8) is 0 Å². The van der Waals surface area contributed by atoms with Gasteiger partial charge in [-0.3, -0.25) is 0 Å². The summed E-state index contributed by atoms with van der Waals surface area (Å²) in [7, 11) is 0. The van der Waals surface area contributed by atoms with E-state index in [0.29, 0.717) is 0 Å². The van der Waals surface area contributed by atoms with E-state index >= 15 is 0 Å². The summed E-state index contributed by atoms with van der Waals surface area (Å²) in [6, 6.07) is 6.32. The van der Waals surface area contributed by atoms with Crippen molar-refractivity contribution in [3.8, 4) is 12.3 Å². The first-order chi connectivity index (χ1) is 6.13. The van der Waals surface area contributed by atoms with Gasteiger partial charge in [0.1, 0.15) is 0 Å². The molecule has 0 aliphatic heterocycles. The normalized spacial score (nSPS) is 11.8. The summed E-state index contributed by atoms with van der Waals surface area (Å²) in [5, 5.41) is 3.22. The van der Waals surface area contributed by atoms with Crippen molar-refractivity contribution in [2.75, 3.05) is 5.32 Å². The maximum absolute atomic E-state index is 5.27. The summed E-state index contributed by atoms with van der Waals surface area (Å²) in [5.74, 6) is 2.63. The lowest BCUT2D eigenvalue weighted by Crippen LogP contribution is -2.11. The van der Waals surface area contributed by atoms with E-state index in [2.05, 4.69) is 52.9 Å². The molecule has 0 saturated heterocycles. The molecule has 0 amide bonds. The van der Waals surface area contributed by atoms with Crippen molar-refractivity contribution in [2.24, 2.45) is 0 Å². The molecule has 1 N–H and O–H groups in total. The average molecular weight is 285 g/mol. The molecule has 0 aliphatic rings. The highest BCUT2D eigenvalue weighted by Gasteiger charge is 1.99. The van der Waals surface area contributed by atoms with E-state index < -0.39 is 0 Å². The highest BCUT2D eigenvalue weighted by molar-refractivity contribution is 14.1. The van der Waals surface area contributed by atoms with Crippen molar-refractivity contribution < 1.29 is 0 Å². The Bertz CT molecular complexity index is 338. The smallest absolute Gasteiger partial charge is 0.0845 e. The van der Waals surface area contributed by atoms with Gasteiger partial charge in [0.2, 0.25) is 0 Å². The lowest BCUT2D eigenvalue weighted by Gasteiger charge is -2.10. The molecule has 1 atom stereocenters. The molecule has 1 aromatic rings. The number of nitrogens with one attached hydrogen (secondary N) is 1. The molecular formula is C11H12IN. The molecule has 0 spiro atoms. The number of halogens is 1. The molecular weight excluding hydrogens is 273 g/mol. The van der Waals surface area contributed by atoms with Crippen LogP contribution in [0.5, 0.6) is 0 Å². The van der Waals surface area contributed by atoms with E-state index in [1.165, 1.54) is 9.13 Å². The van der Waals surface area contributed by atoms with Crippen LogP contribution in [0.4, 0.5) is 5.69 Å². The lowest BCUT2D eigenvalue weighted by molar-refractivity contribution is 1.03. The molecule has 1 rings (SSSR count). The third-order valence-electron chi connectivity index (χ3n) is 1.81. The Kier molecular flexibility index (Phi) is 3.61. The first-order valence-electron chi connectivity index (χ1n) is 4.12. The standard InChI is InChI=1S/C11H12IN/c1-4-9(3)13-10-6-5-8(2)11(12)7-10/h1,5-7,9,13H,2-3H3. The molecule has 2 heteroatoms. The van der Waals surface area contributed by atoms with Crippen molar-refractivity contribution >= 4 is 28.3 Å². The number of hydrogen-bond acceptors (Lipinski definition) is 1. The second-order valence-corrected chi connectivity index (χ2v) is 4.16. The van der Waals surface area contributed by atoms with Crippen LogP contribution in [-0.2, 0) is 0 Å². The molecule has 0 saturated carbocycles. The molecule has 0 heterocycles. The number of hydrogen-bond donors (Lipinski definition) is 1. The van der Waals surface area contributed by atoms with Crippen LogP contribution in [0.15, 0.2) is 18.2 Å². The van der Waals surface area contributed by atoms with Gasteiger partial charge >= 0.3 is 0 Å². The molecule has 13 heavy (non-hydrogen) atoms. The van der Waals surface area contributed by atoms with Crippen LogP contribution in [0.1, 0.15) is 12.5 Å². The zero-order valence-electron chi connectivity index (χ0n) is 7.76. The average Bonchev–Trinajstić information content (AvgIpc) is 2.11. The molecule has 0 bridgehead atoms. The van der Waals surface area contributed by atoms with E-state index in [-0.39, 0.29) is 6.04 Å². The van der Waals surface area contributed by atoms with Crippen LogP contribution in [0.3, 0.4) is 0 Å². The first kappa shape index (κ1) is 10.4. The maximum atomic E-state index is 5.27. The molecule has 1 aromatic carbocycles. The minimum absolute atomic E-state index is 0.0820. The number of benzene rings is 1. The van der Waals surface area contributed by atoms with Gasteiger partial charge in [-0.25, -0.2) is 0 Å². The van der Waals surface area contributed by atoms with Crippen LogP contribution in [-0.4, -0.2) is 6.04 Å². The van der Waals surface area contributed by atoms with Crippen molar-refractivity contribution in [1.82, 2.24) is 0 Å². The maximum Gasteiger partial charge on any atom is 0.0845 e. The van der Waals surface area contributed by atoms with Gasteiger partial charge in [-0.1, -0.05) is 12.0 Å². The quantitative estimate of drug-likeness (QED) is 0.650. The number of aryl methyl sites for hydroxylation is 1. The van der Waals surface area contributed by atoms with E-state index in [0.717, 1.165) is 5.69 Å². The van der Waals surface area contributed by atoms with Gasteiger partial charge in [0.25, 0.3) is 0 Å². The third kappa shape index (κ3) is 2.92. The van der Waals surface area contributed by atoms with Gasteiger partial charge in [-0.2, -0.15) is 0 Å². The van der Waals surface area contributed by atoms with Gasteiger partial charge in [0, 0.05) is 9.26 Å². The van der Waals surface area contributed by atoms with Gasteiger partial charge < -0.3 is 5.32 Å². The second kappa shape index (κ2) is 4.52. The van der Waals surface area contributed by atoms with Crippen molar-refractivity contribution in [2.45, 2.75) is 19.9 Å². The molecule has 1 unspecified atom stereocenters. The van der Waals surface area contributed by atoms with Crippen LogP contribution >= 0.6 is 22.6 Å². The van der Waals surface area contributed by atoms with Gasteiger partial charge in [-0.15, -0.1) is 6.42 Å². The fraction of sp³-hybridized carbons (Fsp3) is 0.273. The minimum Gasteiger partial charge on any atom is -0.372 e. The Labute approximate surface area is 93.1 Å². The predicted molar refractivity (Wildman–Crippen MR) is 65.8 cm³/mol. The minimum atomic E-state index is 0.0820. The number of anilines is 1. The molecule has 1 nitrogen and oxygen atoms in total. The highest BCUT2D eigenvalue weighted by Crippen LogP contribution is 2.17. The predicted octanol–water partition coefficient (Wildman–Crippen LogP) is 3.03. The molecule has 0 fully saturated rings. The molecule has 0 radical (unpaired) electrons. The van der Waals surface area contributed by atoms with E-state index in [4.69, 9.17) is 6.42 Å². The zero-order valence-corrected chi connectivity index (χ0v) is 9.92. The van der Waals surface area contributed by atoms with Crippen LogP contribution in [0, 0.1) is 22.8 Å². The molecule has 0 aromatic heterocycles. The van der Waals surface area contributed by atoms with Crippen LogP contribution < -0.4 is 5.32 Å². The van der Waals surface area contributed by atoms with E-state index in [1.54, 1.807) is 0 Å². The Balaban J connectivity index is 2.81. The van der Waals surface area contributed by atoms with Crippen molar-refractivity contribution in [1.29, 1.82) is 0 Å². The van der Waals surface area contributed by atoms with Gasteiger partial charge in [-0.05, 0) is 54.1 Å². The first-order valence-corrected chi connectivity index (χ1v) is 5.20. The van der Waals surface area contributed by atoms with Crippen LogP contribution in [0.2, 0.25) is 0 Å². The molecule has 68 valence electrons. The summed E-state index contributed by atoms with van der Waals surface area (Å²) < 4.78 is 1.26. The Morgan fingerprint density at radius 1 is 1.54 bits per heavy atom. The third-order valence-corrected chi connectivity index (χ3v) is 2.97. The van der Waals surface area contributed by atoms with E-state index in [1.807, 2.05) is 13.0 Å². The highest BCUT2D eigenvalue weighted by atomic mass is 127. The Morgan fingerprint density at radius 2 is 2.23 bits per heavy atom. The SMILES string of the molecule is C#CC(C)Nc1ccc(C)c(I)c1. The summed E-state index contributed by atoms with van der Waals surface area (Å²) >= 11 is 2.32. The summed E-state index contributed by atoms with van der Waals surface area (Å²) in [6.45, 7) is 4.06. The number of rotatable bonds is 2. The number of terminal acetylenes is 1. The Hall–Kier alpha value is -0.690. The van der Waals surface area contributed by atoms with Crippen LogP contribution in [0.25, 0.3) is 0 Å². The topological polar surface area (TPSA) is 12.0 Å². The van der Waals surface area contributed by atoms with Crippen molar-refractivity contribution in [3.05, 3.63) is 27.3 Å². The summed E-state index contributed by atoms with van der Waals surface area (Å²) in [4.78, 5) is 0. The monoisotopic (exact) mass is 285 g/mol. The largest absolute Gasteiger partial charge is 0.372 e. The zero-order chi connectivity index (χ0) is 9.84. The van der Waals surface area contributed by atoms with Gasteiger partial charge in [0.05, 0.1) is 6.04 Å². The second-order valence-electron chi connectivity index (χ2n) is 3.00. The van der Waals surface area contributed by atoms with E-state index in [9.17, 15) is 0 Å². The fourth-order valence-electron chi connectivity index (χ4n) is 0.974. The fourth-order valence-corrected chi connectivity index (χ4v) is 1.49.